The Labute approximate surface area is 123 Å². The van der Waals surface area contributed by atoms with Crippen LogP contribution in [0.4, 0.5) is 0 Å². The summed E-state index contributed by atoms with van der Waals surface area (Å²) in [6, 6.07) is 0. The van der Waals surface area contributed by atoms with E-state index in [1.54, 1.807) is 0 Å². The summed E-state index contributed by atoms with van der Waals surface area (Å²) in [5.74, 6) is -0.810. The van der Waals surface area contributed by atoms with Gasteiger partial charge in [-0.1, -0.05) is 23.2 Å². The molecule has 9 heteroatoms. The van der Waals surface area contributed by atoms with Crippen molar-refractivity contribution in [2.75, 3.05) is 6.54 Å². The first kappa shape index (κ1) is 13.0. The Balaban J connectivity index is 2.24. The molecule has 0 bridgehead atoms. The Morgan fingerprint density at radius 1 is 1.25 bits per heavy atom. The molecule has 0 aromatic carbocycles. The number of amides is 2. The average Bonchev–Trinajstić information content (AvgIpc) is 2.81. The van der Waals surface area contributed by atoms with Crippen LogP contribution < -0.4 is 16.4 Å². The van der Waals surface area contributed by atoms with Crippen molar-refractivity contribution >= 4 is 46.5 Å². The van der Waals surface area contributed by atoms with Crippen LogP contribution in [0.3, 0.4) is 0 Å². The molecule has 0 saturated heterocycles. The molecule has 20 heavy (non-hydrogen) atoms. The number of H-pyrrole nitrogens is 1. The number of carbonyl (C=O) groups is 2. The number of aromatic amines is 1. The number of rotatable bonds is 0. The number of fused-ring (bicyclic) bond motifs is 1. The minimum absolute atomic E-state index is 0.0142. The van der Waals surface area contributed by atoms with E-state index in [-0.39, 0.29) is 33.4 Å². The summed E-state index contributed by atoms with van der Waals surface area (Å²) < 4.78 is 0. The number of nitrogens with one attached hydrogen (secondary N) is 3. The van der Waals surface area contributed by atoms with E-state index >= 15 is 0 Å². The van der Waals surface area contributed by atoms with Gasteiger partial charge in [-0.2, -0.15) is 4.99 Å². The summed E-state index contributed by atoms with van der Waals surface area (Å²) >= 11 is 12.1. The zero-order chi connectivity index (χ0) is 14.4. The number of nitrogens with two attached hydrogens (primary N) is 1. The highest BCUT2D eigenvalue weighted by Crippen LogP contribution is 2.38. The molecule has 7 nitrogen and oxygen atoms in total. The van der Waals surface area contributed by atoms with Crippen LogP contribution in [-0.4, -0.2) is 29.3 Å². The lowest BCUT2D eigenvalue weighted by atomic mass is 10.0. The Morgan fingerprint density at radius 2 is 2.00 bits per heavy atom. The highest BCUT2D eigenvalue weighted by atomic mass is 35.5. The fourth-order valence-corrected chi connectivity index (χ4v) is 2.69. The molecule has 0 atom stereocenters. The van der Waals surface area contributed by atoms with E-state index < -0.39 is 5.91 Å². The van der Waals surface area contributed by atoms with Gasteiger partial charge in [0.2, 0.25) is 5.96 Å². The van der Waals surface area contributed by atoms with Crippen molar-refractivity contribution in [1.29, 1.82) is 0 Å². The van der Waals surface area contributed by atoms with E-state index in [0.717, 1.165) is 0 Å². The number of guanidine groups is 1. The van der Waals surface area contributed by atoms with E-state index in [0.29, 0.717) is 24.1 Å². The Morgan fingerprint density at radius 3 is 2.65 bits per heavy atom. The minimum Gasteiger partial charge on any atom is -0.369 e. The highest BCUT2D eigenvalue weighted by molar-refractivity contribution is 6.43. The molecular weight excluding hydrogens is 305 g/mol. The quantitative estimate of drug-likeness (QED) is 0.526. The minimum atomic E-state index is -0.494. The molecule has 0 spiro atoms. The van der Waals surface area contributed by atoms with Crippen LogP contribution in [0.5, 0.6) is 0 Å². The monoisotopic (exact) mass is 313 g/mol. The van der Waals surface area contributed by atoms with Crippen molar-refractivity contribution in [1.82, 2.24) is 15.6 Å². The normalized spacial score (nSPS) is 22.0. The molecule has 104 valence electrons. The van der Waals surface area contributed by atoms with Gasteiger partial charge in [0, 0.05) is 12.1 Å². The van der Waals surface area contributed by atoms with Gasteiger partial charge in [-0.25, -0.2) is 0 Å². The second-order valence-electron chi connectivity index (χ2n) is 4.29. The van der Waals surface area contributed by atoms with Crippen LogP contribution in [0.15, 0.2) is 10.7 Å². The van der Waals surface area contributed by atoms with Crippen LogP contribution >= 0.6 is 23.2 Å². The van der Waals surface area contributed by atoms with Crippen LogP contribution in [0.25, 0.3) is 5.57 Å². The molecule has 1 aromatic heterocycles. The summed E-state index contributed by atoms with van der Waals surface area (Å²) in [6.07, 6.45) is 0.406. The third-order valence-electron chi connectivity index (χ3n) is 3.08. The predicted molar refractivity (Wildman–Crippen MR) is 74.4 cm³/mol. The second kappa shape index (κ2) is 4.53. The molecule has 3 heterocycles. The fourth-order valence-electron chi connectivity index (χ4n) is 2.24. The molecule has 0 unspecified atom stereocenters. The third kappa shape index (κ3) is 1.86. The lowest BCUT2D eigenvalue weighted by Crippen LogP contribution is -2.26. The first-order valence-electron chi connectivity index (χ1n) is 5.73. The van der Waals surface area contributed by atoms with Gasteiger partial charge < -0.3 is 21.4 Å². The first-order chi connectivity index (χ1) is 9.49. The standard InChI is InChI=1S/C11H9Cl2N5O2/c12-5-4-3(6-10(20)18-11(14)17-6)1-2-15-9(19)7(4)16-8(5)13/h16H,1-2H2,(H,15,19)(H3,14,17,18,20)/b6-3-. The van der Waals surface area contributed by atoms with Crippen molar-refractivity contribution in [2.45, 2.75) is 6.42 Å². The first-order valence-corrected chi connectivity index (χ1v) is 6.49. The van der Waals surface area contributed by atoms with Gasteiger partial charge in [-0.15, -0.1) is 0 Å². The van der Waals surface area contributed by atoms with Gasteiger partial charge in [0.1, 0.15) is 16.5 Å². The average molecular weight is 314 g/mol. The molecule has 2 amide bonds. The molecule has 3 rings (SSSR count). The van der Waals surface area contributed by atoms with E-state index in [2.05, 4.69) is 20.6 Å². The van der Waals surface area contributed by atoms with Crippen molar-refractivity contribution in [3.05, 3.63) is 27.1 Å². The van der Waals surface area contributed by atoms with Gasteiger partial charge in [0.15, 0.2) is 0 Å². The third-order valence-corrected chi connectivity index (χ3v) is 3.84. The number of hydrogen-bond donors (Lipinski definition) is 4. The zero-order valence-electron chi connectivity index (χ0n) is 10.0. The number of hydrogen-bond acceptors (Lipinski definition) is 4. The molecule has 0 fully saturated rings. The zero-order valence-corrected chi connectivity index (χ0v) is 11.5. The molecule has 2 aliphatic heterocycles. The van der Waals surface area contributed by atoms with Crippen molar-refractivity contribution in [3.8, 4) is 0 Å². The van der Waals surface area contributed by atoms with Crippen LogP contribution in [0.1, 0.15) is 22.5 Å². The number of aliphatic imine (C=N–C) groups is 1. The molecule has 5 N–H and O–H groups in total. The number of aromatic nitrogens is 1. The Bertz CT molecular complexity index is 704. The van der Waals surface area contributed by atoms with Crippen LogP contribution in [0.2, 0.25) is 10.2 Å². The molecule has 1 aromatic rings. The summed E-state index contributed by atoms with van der Waals surface area (Å²) in [4.78, 5) is 30.1. The van der Waals surface area contributed by atoms with Crippen LogP contribution in [-0.2, 0) is 4.79 Å². The molecular formula is C11H9Cl2N5O2. The largest absolute Gasteiger partial charge is 0.369 e. The molecule has 0 saturated carbocycles. The van der Waals surface area contributed by atoms with Gasteiger partial charge >= 0.3 is 0 Å². The fraction of sp³-hybridized carbons (Fsp3) is 0.182. The van der Waals surface area contributed by atoms with Crippen molar-refractivity contribution in [3.63, 3.8) is 0 Å². The van der Waals surface area contributed by atoms with E-state index in [9.17, 15) is 9.59 Å². The highest BCUT2D eigenvalue weighted by Gasteiger charge is 2.31. The predicted octanol–water partition coefficient (Wildman–Crippen LogP) is 0.611. The summed E-state index contributed by atoms with van der Waals surface area (Å²) in [5.41, 5.74) is 6.89. The second-order valence-corrected chi connectivity index (χ2v) is 5.05. The maximum absolute atomic E-state index is 11.9. The number of halogens is 2. The van der Waals surface area contributed by atoms with Gasteiger partial charge in [-0.05, 0) is 12.0 Å². The topological polar surface area (TPSA) is 112 Å². The van der Waals surface area contributed by atoms with E-state index in [4.69, 9.17) is 28.9 Å². The number of carbonyl (C=O) groups excluding carboxylic acids is 2. The molecule has 0 aliphatic carbocycles. The van der Waals surface area contributed by atoms with E-state index in [1.807, 2.05) is 0 Å². The van der Waals surface area contributed by atoms with Crippen LogP contribution in [0, 0.1) is 0 Å². The lowest BCUT2D eigenvalue weighted by molar-refractivity contribution is -0.114. The van der Waals surface area contributed by atoms with E-state index in [1.165, 1.54) is 0 Å². The van der Waals surface area contributed by atoms with Gasteiger partial charge in [0.25, 0.3) is 11.8 Å². The lowest BCUT2D eigenvalue weighted by Gasteiger charge is -2.08. The number of nitrogens with zero attached hydrogens (tertiary/aromatic N) is 1. The van der Waals surface area contributed by atoms with Gasteiger partial charge in [0.05, 0.1) is 5.02 Å². The molecule has 0 radical (unpaired) electrons. The van der Waals surface area contributed by atoms with Crippen molar-refractivity contribution in [2.24, 2.45) is 10.7 Å². The van der Waals surface area contributed by atoms with Crippen molar-refractivity contribution < 1.29 is 9.59 Å². The summed E-state index contributed by atoms with van der Waals surface area (Å²) in [5, 5.41) is 5.73. The Kier molecular flexibility index (Phi) is 2.95. The maximum atomic E-state index is 11.9. The van der Waals surface area contributed by atoms with Gasteiger partial charge in [-0.3, -0.25) is 9.59 Å². The molecule has 2 aliphatic rings. The summed E-state index contributed by atoms with van der Waals surface area (Å²) in [6.45, 7) is 0.364. The Hall–Kier alpha value is -1.99. The smallest absolute Gasteiger partial charge is 0.296 e. The maximum Gasteiger partial charge on any atom is 0.296 e. The SMILES string of the molecule is NC1=NC(=O)/C(=C2\CCNC(=O)c3[nH]c(Cl)c(Cl)c32)N1. The summed E-state index contributed by atoms with van der Waals surface area (Å²) in [7, 11) is 0.